The molecule has 0 bridgehead atoms. The molecule has 1 atom stereocenters. The first kappa shape index (κ1) is 5.14. The first-order chi connectivity index (χ1) is 2.27. The predicted octanol–water partition coefficient (Wildman–Crippen LogP) is 0.968. The monoisotopic (exact) mass is 100.0 g/mol. The van der Waals surface area contributed by atoms with Crippen LogP contribution in [0.15, 0.2) is 0 Å². The fourth-order valence-electron chi connectivity index (χ4n) is 0. The van der Waals surface area contributed by atoms with Crippen molar-refractivity contribution in [1.29, 1.82) is 0 Å². The summed E-state index contributed by atoms with van der Waals surface area (Å²) < 4.78 is 10.7. The Hall–Kier alpha value is 0.140. The Bertz CT molecular complexity index is 23.6. The molecule has 0 aliphatic rings. The average Bonchev–Trinajstić information content (AvgIpc) is 1.38. The summed E-state index contributed by atoms with van der Waals surface area (Å²) >= 11 is 4.32. The van der Waals surface area contributed by atoms with Crippen LogP contribution >= 0.6 is 11.6 Å². The van der Waals surface area contributed by atoms with E-state index in [0.29, 0.717) is 0 Å². The highest BCUT2D eigenvalue weighted by Crippen LogP contribution is 1.92. The van der Waals surface area contributed by atoms with E-state index in [0.717, 1.165) is 0 Å². The van der Waals surface area contributed by atoms with Crippen molar-refractivity contribution in [3.63, 3.8) is 0 Å². The van der Waals surface area contributed by atoms with E-state index in [1.165, 1.54) is 0 Å². The lowest BCUT2D eigenvalue weighted by Gasteiger charge is -1.84. The van der Waals surface area contributed by atoms with Crippen LogP contribution in [0.3, 0.4) is 0 Å². The van der Waals surface area contributed by atoms with Crippen molar-refractivity contribution in [2.24, 2.45) is 0 Å². The molecule has 32 valence electrons. The molecule has 5 heavy (non-hydrogen) atoms. The van der Waals surface area contributed by atoms with Crippen LogP contribution in [0.2, 0.25) is 0 Å². The Balaban J connectivity index is 2.54. The summed E-state index contributed by atoms with van der Waals surface area (Å²) in [6.45, 7) is 0. The van der Waals surface area contributed by atoms with E-state index in [4.69, 9.17) is 5.26 Å². The maximum Gasteiger partial charge on any atom is 0.304 e. The van der Waals surface area contributed by atoms with Gasteiger partial charge >= 0.3 is 5.82 Å². The predicted molar refractivity (Wildman–Crippen MR) is 14.5 cm³/mol. The van der Waals surface area contributed by atoms with Gasteiger partial charge in [0.2, 0.25) is 0 Å². The van der Waals surface area contributed by atoms with Gasteiger partial charge in [0.15, 0.2) is 0 Å². The van der Waals surface area contributed by atoms with Crippen LogP contribution in [0.4, 0.5) is 4.39 Å². The van der Waals surface area contributed by atoms with Gasteiger partial charge in [-0.15, -0.1) is 0 Å². The molecule has 1 N–H and O–H groups in total. The number of rotatable bonds is 1. The third-order valence-corrected chi connectivity index (χ3v) is 0.159. The van der Waals surface area contributed by atoms with Crippen LogP contribution < -0.4 is 0 Å². The van der Waals surface area contributed by atoms with Crippen LogP contribution in [-0.2, 0) is 4.89 Å². The third-order valence-electron chi connectivity index (χ3n) is 0.0797. The summed E-state index contributed by atoms with van der Waals surface area (Å²) in [5, 5.41) is 7.14. The molecule has 4 heteroatoms. The quantitative estimate of drug-likeness (QED) is 0.302. The van der Waals surface area contributed by atoms with Crippen molar-refractivity contribution in [2.75, 3.05) is 0 Å². The van der Waals surface area contributed by atoms with E-state index in [2.05, 4.69) is 16.5 Å². The number of halogens is 2. The van der Waals surface area contributed by atoms with Gasteiger partial charge in [-0.2, -0.15) is 9.28 Å². The molecule has 0 aromatic rings. The molecule has 0 aromatic carbocycles. The minimum atomic E-state index is -2.09. The average molecular weight is 100 g/mol. The van der Waals surface area contributed by atoms with Crippen molar-refractivity contribution in [1.82, 2.24) is 0 Å². The van der Waals surface area contributed by atoms with Crippen LogP contribution in [0.25, 0.3) is 0 Å². The lowest BCUT2D eigenvalue weighted by atomic mass is 11.6. The Morgan fingerprint density at radius 3 is 2.20 bits per heavy atom. The highest BCUT2D eigenvalue weighted by molar-refractivity contribution is 6.18. The zero-order chi connectivity index (χ0) is 4.28. The van der Waals surface area contributed by atoms with Gasteiger partial charge in [-0.1, -0.05) is 11.6 Å². The van der Waals surface area contributed by atoms with E-state index < -0.39 is 5.82 Å². The van der Waals surface area contributed by atoms with Crippen molar-refractivity contribution < 1.29 is 14.5 Å². The molecule has 0 heterocycles. The summed E-state index contributed by atoms with van der Waals surface area (Å²) in [5.41, 5.74) is 0. The molecule has 0 aromatic heterocycles. The molecule has 0 radical (unpaired) electrons. The number of alkyl halides is 2. The molecule has 0 amide bonds. The topological polar surface area (TPSA) is 29.5 Å². The Kier molecular flexibility index (Phi) is 2.45. The van der Waals surface area contributed by atoms with E-state index in [-0.39, 0.29) is 0 Å². The van der Waals surface area contributed by atoms with Crippen molar-refractivity contribution in [3.05, 3.63) is 0 Å². The summed E-state index contributed by atoms with van der Waals surface area (Å²) in [5.74, 6) is -2.09. The Morgan fingerprint density at radius 1 is 2.00 bits per heavy atom. The van der Waals surface area contributed by atoms with Gasteiger partial charge in [-0.3, -0.25) is 0 Å². The van der Waals surface area contributed by atoms with Gasteiger partial charge in [0.05, 0.1) is 0 Å². The van der Waals surface area contributed by atoms with Crippen molar-refractivity contribution in [2.45, 2.75) is 5.82 Å². The minimum absolute atomic E-state index is 2.09. The van der Waals surface area contributed by atoms with Gasteiger partial charge in [0, 0.05) is 0 Å². The fourth-order valence-corrected chi connectivity index (χ4v) is 0. The summed E-state index contributed by atoms with van der Waals surface area (Å²) in [7, 11) is 0. The first-order valence-electron chi connectivity index (χ1n) is 0.855. The van der Waals surface area contributed by atoms with Gasteiger partial charge in [-0.25, -0.2) is 5.26 Å². The molecule has 0 aliphatic carbocycles. The molecule has 0 fully saturated rings. The van der Waals surface area contributed by atoms with Crippen molar-refractivity contribution >= 4 is 11.6 Å². The third kappa shape index (κ3) is 4.14. The largest absolute Gasteiger partial charge is 0.304 e. The standard InChI is InChI=1S/CH2ClFO2/c2-1(3)5-4/h1,4H. The van der Waals surface area contributed by atoms with Crippen molar-refractivity contribution in [3.8, 4) is 0 Å². The second kappa shape index (κ2) is 2.38. The maximum absolute atomic E-state index is 10.7. The fraction of sp³-hybridized carbons (Fsp3) is 1.00. The number of hydrogen-bond donors (Lipinski definition) is 1. The Morgan fingerprint density at radius 2 is 2.20 bits per heavy atom. The van der Waals surface area contributed by atoms with Gasteiger partial charge in [0.25, 0.3) is 0 Å². The molecule has 2 nitrogen and oxygen atoms in total. The second-order valence-corrected chi connectivity index (χ2v) is 0.709. The van der Waals surface area contributed by atoms with Gasteiger partial charge in [0.1, 0.15) is 0 Å². The highest BCUT2D eigenvalue weighted by atomic mass is 35.5. The molecular formula is CH2ClFO2. The zero-order valence-corrected chi connectivity index (χ0v) is 2.94. The number of hydrogen-bond acceptors (Lipinski definition) is 2. The van der Waals surface area contributed by atoms with Gasteiger partial charge in [-0.05, 0) is 0 Å². The zero-order valence-electron chi connectivity index (χ0n) is 2.19. The van der Waals surface area contributed by atoms with Crippen LogP contribution in [-0.4, -0.2) is 11.1 Å². The van der Waals surface area contributed by atoms with E-state index in [9.17, 15) is 4.39 Å². The first-order valence-corrected chi connectivity index (χ1v) is 1.29. The molecule has 0 aliphatic heterocycles. The smallest absolute Gasteiger partial charge is 0.247 e. The second-order valence-electron chi connectivity index (χ2n) is 0.366. The normalized spacial score (nSPS) is 15.0. The lowest BCUT2D eigenvalue weighted by Crippen LogP contribution is -1.88. The highest BCUT2D eigenvalue weighted by Gasteiger charge is 1.91. The summed E-state index contributed by atoms with van der Waals surface area (Å²) in [6.07, 6.45) is 0. The molecule has 1 unspecified atom stereocenters. The summed E-state index contributed by atoms with van der Waals surface area (Å²) in [4.78, 5) is 2.85. The van der Waals surface area contributed by atoms with E-state index >= 15 is 0 Å². The van der Waals surface area contributed by atoms with Crippen LogP contribution in [0, 0.1) is 0 Å². The maximum atomic E-state index is 10.7. The summed E-state index contributed by atoms with van der Waals surface area (Å²) in [6, 6.07) is 0. The molecule has 0 saturated carbocycles. The SMILES string of the molecule is OOC(F)Cl. The van der Waals surface area contributed by atoms with Crippen LogP contribution in [0.5, 0.6) is 0 Å². The van der Waals surface area contributed by atoms with E-state index in [1.54, 1.807) is 0 Å². The minimum Gasteiger partial charge on any atom is -0.247 e. The molecular weight excluding hydrogens is 98.5 g/mol. The molecule has 0 saturated heterocycles. The Labute approximate surface area is 33.0 Å². The molecule has 0 rings (SSSR count). The molecule has 0 spiro atoms. The van der Waals surface area contributed by atoms with Gasteiger partial charge < -0.3 is 0 Å². The van der Waals surface area contributed by atoms with Crippen LogP contribution in [0.1, 0.15) is 0 Å². The lowest BCUT2D eigenvalue weighted by molar-refractivity contribution is -0.285. The van der Waals surface area contributed by atoms with E-state index in [1.807, 2.05) is 0 Å².